The predicted molar refractivity (Wildman–Crippen MR) is 96.3 cm³/mol. The molecule has 4 heteroatoms. The number of halogens is 2. The van der Waals surface area contributed by atoms with Gasteiger partial charge in [0.2, 0.25) is 0 Å². The molecule has 3 aromatic carbocycles. The van der Waals surface area contributed by atoms with Crippen molar-refractivity contribution in [3.8, 4) is 11.1 Å². The summed E-state index contributed by atoms with van der Waals surface area (Å²) >= 11 is 12.0. The normalized spacial score (nSPS) is 10.3. The molecule has 0 bridgehead atoms. The molecule has 0 aliphatic carbocycles. The number of carbonyl (C=O) groups excluding carboxylic acids is 1. The Labute approximate surface area is 144 Å². The van der Waals surface area contributed by atoms with E-state index in [9.17, 15) is 4.79 Å². The van der Waals surface area contributed by atoms with Gasteiger partial charge in [-0.25, -0.2) is 0 Å². The maximum Gasteiger partial charge on any atom is 0.256 e. The lowest BCUT2D eigenvalue weighted by Gasteiger charge is -2.11. The highest BCUT2D eigenvalue weighted by Gasteiger charge is 2.13. The number of amides is 1. The van der Waals surface area contributed by atoms with Gasteiger partial charge in [0, 0.05) is 10.6 Å². The van der Waals surface area contributed by atoms with Gasteiger partial charge in [0.25, 0.3) is 5.91 Å². The molecular weight excluding hydrogens is 329 g/mol. The first-order chi connectivity index (χ1) is 11.1. The van der Waals surface area contributed by atoms with Crippen molar-refractivity contribution in [2.45, 2.75) is 0 Å². The monoisotopic (exact) mass is 341 g/mol. The summed E-state index contributed by atoms with van der Waals surface area (Å²) in [5.41, 5.74) is 2.98. The molecule has 114 valence electrons. The van der Waals surface area contributed by atoms with Gasteiger partial charge < -0.3 is 5.32 Å². The van der Waals surface area contributed by atoms with Crippen LogP contribution in [0.15, 0.2) is 72.8 Å². The number of hydrogen-bond donors (Lipinski definition) is 1. The molecule has 23 heavy (non-hydrogen) atoms. The van der Waals surface area contributed by atoms with Crippen molar-refractivity contribution in [1.29, 1.82) is 0 Å². The molecule has 3 aromatic rings. The van der Waals surface area contributed by atoms with Gasteiger partial charge in [0.15, 0.2) is 0 Å². The fraction of sp³-hybridized carbons (Fsp3) is 0. The van der Waals surface area contributed by atoms with Crippen LogP contribution in [0, 0.1) is 0 Å². The van der Waals surface area contributed by atoms with Crippen LogP contribution >= 0.6 is 23.2 Å². The molecule has 2 nitrogen and oxygen atoms in total. The zero-order chi connectivity index (χ0) is 16.2. The SMILES string of the molecule is O=C(Nc1ccc(Cl)cc1Cl)c1ccccc1-c1ccccc1. The van der Waals surface area contributed by atoms with Gasteiger partial charge in [-0.05, 0) is 35.4 Å². The average Bonchev–Trinajstić information content (AvgIpc) is 2.58. The molecule has 0 aliphatic rings. The van der Waals surface area contributed by atoms with Crippen LogP contribution in [-0.4, -0.2) is 5.91 Å². The summed E-state index contributed by atoms with van der Waals surface area (Å²) in [5.74, 6) is -0.214. The Morgan fingerprint density at radius 2 is 1.52 bits per heavy atom. The molecule has 0 spiro atoms. The zero-order valence-corrected chi connectivity index (χ0v) is 13.6. The van der Waals surface area contributed by atoms with E-state index in [-0.39, 0.29) is 5.91 Å². The van der Waals surface area contributed by atoms with Crippen molar-refractivity contribution in [1.82, 2.24) is 0 Å². The van der Waals surface area contributed by atoms with E-state index in [0.717, 1.165) is 11.1 Å². The van der Waals surface area contributed by atoms with Gasteiger partial charge in [-0.15, -0.1) is 0 Å². The van der Waals surface area contributed by atoms with E-state index in [1.807, 2.05) is 48.5 Å². The van der Waals surface area contributed by atoms with Crippen LogP contribution in [0.5, 0.6) is 0 Å². The lowest BCUT2D eigenvalue weighted by Crippen LogP contribution is -2.13. The molecule has 0 unspecified atom stereocenters. The second kappa shape index (κ2) is 6.86. The molecule has 0 fully saturated rings. The van der Waals surface area contributed by atoms with Crippen LogP contribution in [0.3, 0.4) is 0 Å². The van der Waals surface area contributed by atoms with E-state index in [1.165, 1.54) is 0 Å². The van der Waals surface area contributed by atoms with Crippen LogP contribution in [0.25, 0.3) is 11.1 Å². The van der Waals surface area contributed by atoms with Crippen molar-refractivity contribution in [2.24, 2.45) is 0 Å². The Kier molecular flexibility index (Phi) is 4.65. The summed E-state index contributed by atoms with van der Waals surface area (Å²) in [6.07, 6.45) is 0. The molecule has 0 atom stereocenters. The average molecular weight is 342 g/mol. The maximum atomic E-state index is 12.6. The minimum Gasteiger partial charge on any atom is -0.321 e. The van der Waals surface area contributed by atoms with E-state index in [1.54, 1.807) is 24.3 Å². The standard InChI is InChI=1S/C19H13Cl2NO/c20-14-10-11-18(17(21)12-14)22-19(23)16-9-5-4-8-15(16)13-6-2-1-3-7-13/h1-12H,(H,22,23). The smallest absolute Gasteiger partial charge is 0.256 e. The minimum absolute atomic E-state index is 0.214. The van der Waals surface area contributed by atoms with Crippen LogP contribution in [0.1, 0.15) is 10.4 Å². The van der Waals surface area contributed by atoms with Crippen molar-refractivity contribution in [2.75, 3.05) is 5.32 Å². The lowest BCUT2D eigenvalue weighted by molar-refractivity contribution is 0.102. The number of benzene rings is 3. The molecule has 0 aliphatic heterocycles. The van der Waals surface area contributed by atoms with Gasteiger partial charge in [0.1, 0.15) is 0 Å². The first kappa shape index (κ1) is 15.6. The second-order valence-corrected chi connectivity index (χ2v) is 5.83. The maximum absolute atomic E-state index is 12.6. The van der Waals surface area contributed by atoms with Gasteiger partial charge in [0.05, 0.1) is 10.7 Å². The molecule has 0 aromatic heterocycles. The Hall–Kier alpha value is -2.29. The van der Waals surface area contributed by atoms with E-state index < -0.39 is 0 Å². The summed E-state index contributed by atoms with van der Waals surface area (Å²) in [6.45, 7) is 0. The summed E-state index contributed by atoms with van der Waals surface area (Å²) in [7, 11) is 0. The second-order valence-electron chi connectivity index (χ2n) is 4.99. The Bertz CT molecular complexity index is 847. The summed E-state index contributed by atoms with van der Waals surface area (Å²) in [5, 5.41) is 3.77. The predicted octanol–water partition coefficient (Wildman–Crippen LogP) is 5.91. The highest BCUT2D eigenvalue weighted by Crippen LogP contribution is 2.28. The van der Waals surface area contributed by atoms with Crippen LogP contribution in [0.4, 0.5) is 5.69 Å². The number of nitrogens with one attached hydrogen (secondary N) is 1. The molecule has 0 heterocycles. The fourth-order valence-corrected chi connectivity index (χ4v) is 2.79. The van der Waals surface area contributed by atoms with Gasteiger partial charge >= 0.3 is 0 Å². The molecular formula is C19H13Cl2NO. The van der Waals surface area contributed by atoms with Crippen LogP contribution in [0.2, 0.25) is 10.0 Å². The first-order valence-electron chi connectivity index (χ1n) is 7.06. The lowest BCUT2D eigenvalue weighted by atomic mass is 9.99. The summed E-state index contributed by atoms with van der Waals surface area (Å²) in [6, 6.07) is 22.2. The van der Waals surface area contributed by atoms with Crippen LogP contribution in [-0.2, 0) is 0 Å². The zero-order valence-electron chi connectivity index (χ0n) is 12.1. The van der Waals surface area contributed by atoms with Crippen molar-refractivity contribution >= 4 is 34.8 Å². The third-order valence-corrected chi connectivity index (χ3v) is 3.98. The number of carbonyl (C=O) groups is 1. The quantitative estimate of drug-likeness (QED) is 0.630. The Balaban J connectivity index is 1.94. The van der Waals surface area contributed by atoms with Crippen molar-refractivity contribution in [3.05, 3.63) is 88.4 Å². The number of hydrogen-bond acceptors (Lipinski definition) is 1. The van der Waals surface area contributed by atoms with Crippen molar-refractivity contribution < 1.29 is 4.79 Å². The number of anilines is 1. The highest BCUT2D eigenvalue weighted by atomic mass is 35.5. The van der Waals surface area contributed by atoms with Gasteiger partial charge in [-0.2, -0.15) is 0 Å². The fourth-order valence-electron chi connectivity index (χ4n) is 2.33. The topological polar surface area (TPSA) is 29.1 Å². The minimum atomic E-state index is -0.214. The molecule has 0 saturated heterocycles. The van der Waals surface area contributed by atoms with E-state index in [2.05, 4.69) is 5.32 Å². The van der Waals surface area contributed by atoms with Gasteiger partial charge in [-0.1, -0.05) is 71.7 Å². The third kappa shape index (κ3) is 3.55. The largest absolute Gasteiger partial charge is 0.321 e. The Morgan fingerprint density at radius 3 is 2.26 bits per heavy atom. The highest BCUT2D eigenvalue weighted by molar-refractivity contribution is 6.36. The van der Waals surface area contributed by atoms with E-state index >= 15 is 0 Å². The van der Waals surface area contributed by atoms with Crippen molar-refractivity contribution in [3.63, 3.8) is 0 Å². The molecule has 0 radical (unpaired) electrons. The van der Waals surface area contributed by atoms with Gasteiger partial charge in [-0.3, -0.25) is 4.79 Å². The third-order valence-electron chi connectivity index (χ3n) is 3.44. The van der Waals surface area contributed by atoms with E-state index in [0.29, 0.717) is 21.3 Å². The molecule has 0 saturated carbocycles. The summed E-state index contributed by atoms with van der Waals surface area (Å²) in [4.78, 5) is 12.6. The van der Waals surface area contributed by atoms with Crippen LogP contribution < -0.4 is 5.32 Å². The number of rotatable bonds is 3. The molecule has 3 rings (SSSR count). The molecule has 1 amide bonds. The van der Waals surface area contributed by atoms with E-state index in [4.69, 9.17) is 23.2 Å². The first-order valence-corrected chi connectivity index (χ1v) is 7.81. The Morgan fingerprint density at radius 1 is 0.826 bits per heavy atom. The summed E-state index contributed by atoms with van der Waals surface area (Å²) < 4.78 is 0. The molecule has 1 N–H and O–H groups in total.